The van der Waals surface area contributed by atoms with Gasteiger partial charge in [0.15, 0.2) is 4.58 Å². The van der Waals surface area contributed by atoms with Gasteiger partial charge < -0.3 is 5.32 Å². The maximum atomic E-state index is 12.3. The summed E-state index contributed by atoms with van der Waals surface area (Å²) in [6, 6.07) is 0. The Hall–Kier alpha value is -1.31. The summed E-state index contributed by atoms with van der Waals surface area (Å²) >= 11 is 0. The monoisotopic (exact) mass is 377 g/mol. The van der Waals surface area contributed by atoms with E-state index in [2.05, 4.69) is 6.58 Å². The molecule has 0 aromatic rings. The first kappa shape index (κ1) is 20.7. The number of hydrogen-bond donors (Lipinski definition) is 1. The number of rotatable bonds is 5. The molecule has 0 aliphatic rings. The van der Waals surface area contributed by atoms with Gasteiger partial charge in [0, 0.05) is 12.1 Å². The van der Waals surface area contributed by atoms with E-state index in [0.717, 1.165) is 6.92 Å². The Balaban J connectivity index is 5.96. The number of hydrogen-bond acceptors (Lipinski definition) is 5. The van der Waals surface area contributed by atoms with Gasteiger partial charge in [0.2, 0.25) is 5.91 Å². The molecule has 6 nitrogen and oxygen atoms in total. The SMILES string of the molecule is C=C(C)C(=O)NCC(S(=O)(=O)C(F)(F)F)S(=O)(=O)C(F)(F)F. The molecule has 0 aliphatic heterocycles. The zero-order valence-corrected chi connectivity index (χ0v) is 12.3. The van der Waals surface area contributed by atoms with Crippen LogP contribution in [0.4, 0.5) is 26.3 Å². The van der Waals surface area contributed by atoms with Gasteiger partial charge in [-0.25, -0.2) is 16.8 Å². The third-order valence-electron chi connectivity index (χ3n) is 2.15. The Morgan fingerprint density at radius 3 is 1.55 bits per heavy atom. The van der Waals surface area contributed by atoms with E-state index in [1.54, 1.807) is 0 Å². The highest BCUT2D eigenvalue weighted by Crippen LogP contribution is 2.35. The topological polar surface area (TPSA) is 97.4 Å². The molecule has 0 aliphatic carbocycles. The molecule has 1 N–H and O–H groups in total. The smallest absolute Gasteiger partial charge is 0.350 e. The molecule has 22 heavy (non-hydrogen) atoms. The minimum Gasteiger partial charge on any atom is -0.350 e. The molecule has 0 unspecified atom stereocenters. The summed E-state index contributed by atoms with van der Waals surface area (Å²) < 4.78 is 114. The van der Waals surface area contributed by atoms with E-state index in [-0.39, 0.29) is 5.57 Å². The summed E-state index contributed by atoms with van der Waals surface area (Å²) in [7, 11) is -13.5. The zero-order chi connectivity index (χ0) is 18.1. The average Bonchev–Trinajstić information content (AvgIpc) is 2.24. The van der Waals surface area contributed by atoms with Gasteiger partial charge >= 0.3 is 11.0 Å². The fourth-order valence-corrected chi connectivity index (χ4v) is 4.20. The van der Waals surface area contributed by atoms with Crippen molar-refractivity contribution in [2.24, 2.45) is 0 Å². The Morgan fingerprint density at radius 2 is 1.32 bits per heavy atom. The maximum absolute atomic E-state index is 12.3. The zero-order valence-electron chi connectivity index (χ0n) is 10.6. The molecule has 0 spiro atoms. The number of carbonyl (C=O) groups excluding carboxylic acids is 1. The molecule has 0 bridgehead atoms. The molecule has 14 heteroatoms. The summed E-state index contributed by atoms with van der Waals surface area (Å²) in [5.41, 5.74) is -12.9. The van der Waals surface area contributed by atoms with Crippen molar-refractivity contribution in [3.63, 3.8) is 0 Å². The number of nitrogens with one attached hydrogen (secondary N) is 1. The quantitative estimate of drug-likeness (QED) is 0.567. The Bertz CT molecular complexity index is 616. The minimum absolute atomic E-state index is 0.382. The summed E-state index contributed by atoms with van der Waals surface area (Å²) in [6.07, 6.45) is 0. The van der Waals surface area contributed by atoms with Crippen LogP contribution in [0.2, 0.25) is 0 Å². The second-order valence-electron chi connectivity index (χ2n) is 3.90. The van der Waals surface area contributed by atoms with Crippen LogP contribution in [0, 0.1) is 0 Å². The van der Waals surface area contributed by atoms with Crippen molar-refractivity contribution < 1.29 is 48.0 Å². The number of sulfone groups is 2. The van der Waals surface area contributed by atoms with Gasteiger partial charge in [0.25, 0.3) is 19.7 Å². The molecule has 0 aromatic carbocycles. The van der Waals surface area contributed by atoms with Crippen LogP contribution in [0.25, 0.3) is 0 Å². The molecule has 130 valence electrons. The molecule has 0 saturated carbocycles. The number of carbonyl (C=O) groups is 1. The summed E-state index contributed by atoms with van der Waals surface area (Å²) in [4.78, 5) is 11.0. The van der Waals surface area contributed by atoms with E-state index in [9.17, 15) is 48.0 Å². The summed E-state index contributed by atoms with van der Waals surface area (Å²) in [6.45, 7) is 2.08. The normalized spacial score (nSPS) is 14.0. The van der Waals surface area contributed by atoms with Gasteiger partial charge in [-0.3, -0.25) is 4.79 Å². The van der Waals surface area contributed by atoms with Gasteiger partial charge in [0.05, 0.1) is 0 Å². The highest BCUT2D eigenvalue weighted by molar-refractivity contribution is 8.09. The van der Waals surface area contributed by atoms with E-state index >= 15 is 0 Å². The average molecular weight is 377 g/mol. The number of amides is 1. The van der Waals surface area contributed by atoms with Crippen LogP contribution in [-0.4, -0.2) is 44.9 Å². The van der Waals surface area contributed by atoms with Gasteiger partial charge in [-0.1, -0.05) is 6.58 Å². The van der Waals surface area contributed by atoms with Gasteiger partial charge in [-0.2, -0.15) is 26.3 Å². The highest BCUT2D eigenvalue weighted by atomic mass is 32.3. The van der Waals surface area contributed by atoms with Crippen LogP contribution >= 0.6 is 0 Å². The molecule has 0 saturated heterocycles. The summed E-state index contributed by atoms with van der Waals surface area (Å²) in [5, 5.41) is 1.34. The standard InChI is InChI=1S/C8H9F6NO5S2/c1-4(2)6(16)15-3-5(21(17,18)7(9,10)11)22(19,20)8(12,13)14/h5H,1,3H2,2H3,(H,15,16). The van der Waals surface area contributed by atoms with Crippen LogP contribution in [0.3, 0.4) is 0 Å². The molecule has 0 radical (unpaired) electrons. The fraction of sp³-hybridized carbons (Fsp3) is 0.625. The lowest BCUT2D eigenvalue weighted by molar-refractivity contribution is -0.117. The van der Waals surface area contributed by atoms with E-state index in [4.69, 9.17) is 0 Å². The largest absolute Gasteiger partial charge is 0.498 e. The van der Waals surface area contributed by atoms with Gasteiger partial charge in [-0.05, 0) is 6.92 Å². The predicted octanol–water partition coefficient (Wildman–Crippen LogP) is 0.874. The van der Waals surface area contributed by atoms with Crippen molar-refractivity contribution >= 4 is 25.6 Å². The van der Waals surface area contributed by atoms with Crippen molar-refractivity contribution in [3.05, 3.63) is 12.2 Å². The fourth-order valence-electron chi connectivity index (χ4n) is 1.01. The third-order valence-corrected chi connectivity index (χ3v) is 6.68. The van der Waals surface area contributed by atoms with Crippen LogP contribution in [0.5, 0.6) is 0 Å². The van der Waals surface area contributed by atoms with Crippen LogP contribution in [0.1, 0.15) is 6.92 Å². The van der Waals surface area contributed by atoms with Crippen molar-refractivity contribution in [3.8, 4) is 0 Å². The van der Waals surface area contributed by atoms with Gasteiger partial charge in [0.1, 0.15) is 0 Å². The van der Waals surface area contributed by atoms with Crippen molar-refractivity contribution in [2.75, 3.05) is 6.54 Å². The first-order valence-electron chi connectivity index (χ1n) is 5.00. The first-order valence-corrected chi connectivity index (χ1v) is 8.09. The predicted molar refractivity (Wildman–Crippen MR) is 61.6 cm³/mol. The Labute approximate surface area is 121 Å². The van der Waals surface area contributed by atoms with Crippen molar-refractivity contribution in [1.82, 2.24) is 5.32 Å². The number of halogens is 6. The van der Waals surface area contributed by atoms with E-state index in [1.807, 2.05) is 0 Å². The van der Waals surface area contributed by atoms with Crippen LogP contribution in [-0.2, 0) is 24.5 Å². The van der Waals surface area contributed by atoms with Crippen LogP contribution < -0.4 is 5.32 Å². The Morgan fingerprint density at radius 1 is 1.00 bits per heavy atom. The lowest BCUT2D eigenvalue weighted by Gasteiger charge is -2.21. The molecule has 0 rings (SSSR count). The molecule has 1 amide bonds. The van der Waals surface area contributed by atoms with E-state index in [0.29, 0.717) is 0 Å². The molecule has 0 atom stereocenters. The van der Waals surface area contributed by atoms with Crippen molar-refractivity contribution in [1.29, 1.82) is 0 Å². The number of alkyl halides is 6. The lowest BCUT2D eigenvalue weighted by atomic mass is 10.3. The first-order chi connectivity index (χ1) is 9.46. The van der Waals surface area contributed by atoms with Crippen LogP contribution in [0.15, 0.2) is 12.2 Å². The third kappa shape index (κ3) is 4.12. The van der Waals surface area contributed by atoms with Gasteiger partial charge in [-0.15, -0.1) is 0 Å². The maximum Gasteiger partial charge on any atom is 0.498 e. The molecular formula is C8H9F6NO5S2. The molecule has 0 aromatic heterocycles. The summed E-state index contributed by atoms with van der Waals surface area (Å²) in [5.74, 6) is -1.31. The second-order valence-corrected chi connectivity index (χ2v) is 8.44. The van der Waals surface area contributed by atoms with Crippen molar-refractivity contribution in [2.45, 2.75) is 22.5 Å². The lowest BCUT2D eigenvalue weighted by Crippen LogP contribution is -2.50. The molecule has 0 fully saturated rings. The van der Waals surface area contributed by atoms with E-state index in [1.165, 1.54) is 5.32 Å². The minimum atomic E-state index is -6.75. The molecular weight excluding hydrogens is 368 g/mol. The highest BCUT2D eigenvalue weighted by Gasteiger charge is 2.62. The molecule has 0 heterocycles. The second kappa shape index (κ2) is 6.06. The van der Waals surface area contributed by atoms with E-state index < -0.39 is 47.7 Å². The Kier molecular flexibility index (Phi) is 5.70.